The molecule has 3 aromatic rings. The van der Waals surface area contributed by atoms with Gasteiger partial charge in [-0.1, -0.05) is 42.7 Å². The summed E-state index contributed by atoms with van der Waals surface area (Å²) in [6.45, 7) is 1.58. The van der Waals surface area contributed by atoms with Crippen molar-refractivity contribution in [1.29, 1.82) is 0 Å². The lowest BCUT2D eigenvalue weighted by Gasteiger charge is -2.24. The minimum Gasteiger partial charge on any atom is -0.365 e. The maximum absolute atomic E-state index is 11.6. The van der Waals surface area contributed by atoms with Crippen LogP contribution in [0, 0.1) is 11.8 Å². The Hall–Kier alpha value is -2.87. The number of nitrogens with one attached hydrogen (secondary N) is 3. The number of anilines is 3. The largest absolute Gasteiger partial charge is 0.365 e. The van der Waals surface area contributed by atoms with Crippen LogP contribution in [0.2, 0.25) is 5.02 Å². The third-order valence-corrected chi connectivity index (χ3v) is 8.34. The van der Waals surface area contributed by atoms with Gasteiger partial charge in [0.25, 0.3) is 0 Å². The zero-order valence-electron chi connectivity index (χ0n) is 19.3. The predicted molar refractivity (Wildman–Crippen MR) is 139 cm³/mol. The van der Waals surface area contributed by atoms with E-state index < -0.39 is 9.84 Å². The molecule has 3 N–H and O–H groups in total. The van der Waals surface area contributed by atoms with Crippen LogP contribution < -0.4 is 10.6 Å². The van der Waals surface area contributed by atoms with Gasteiger partial charge >= 0.3 is 0 Å². The van der Waals surface area contributed by atoms with Crippen molar-refractivity contribution in [2.45, 2.75) is 38.1 Å². The van der Waals surface area contributed by atoms with Gasteiger partial charge in [0.15, 0.2) is 21.3 Å². The smallest absolute Gasteiger partial charge is 0.231 e. The van der Waals surface area contributed by atoms with E-state index in [9.17, 15) is 8.42 Å². The number of H-pyrrole nitrogens is 1. The van der Waals surface area contributed by atoms with Crippen molar-refractivity contribution < 1.29 is 8.42 Å². The van der Waals surface area contributed by atoms with Gasteiger partial charge in [-0.05, 0) is 31.0 Å². The molecule has 11 heteroatoms. The third kappa shape index (κ3) is 6.04. The van der Waals surface area contributed by atoms with Crippen molar-refractivity contribution in [2.24, 2.45) is 0 Å². The van der Waals surface area contributed by atoms with Crippen LogP contribution in [0.25, 0.3) is 11.2 Å². The van der Waals surface area contributed by atoms with Gasteiger partial charge in [-0.3, -0.25) is 4.90 Å². The van der Waals surface area contributed by atoms with Crippen LogP contribution in [0.4, 0.5) is 17.5 Å². The van der Waals surface area contributed by atoms with Gasteiger partial charge in [0.05, 0.1) is 35.1 Å². The molecule has 1 saturated carbocycles. The minimum atomic E-state index is -2.88. The molecule has 2 fully saturated rings. The third-order valence-electron chi connectivity index (χ3n) is 6.42. The molecule has 5 rings (SSSR count). The van der Waals surface area contributed by atoms with Crippen LogP contribution >= 0.6 is 11.6 Å². The Kier molecular flexibility index (Phi) is 7.09. The van der Waals surface area contributed by atoms with E-state index in [0.29, 0.717) is 48.0 Å². The lowest BCUT2D eigenvalue weighted by molar-refractivity contribution is 0.332. The van der Waals surface area contributed by atoms with Crippen molar-refractivity contribution in [2.75, 3.05) is 41.8 Å². The number of hydrogen-bond acceptors (Lipinski definition) is 8. The van der Waals surface area contributed by atoms with Crippen LogP contribution in [-0.2, 0) is 9.84 Å². The fraction of sp³-hybridized carbons (Fsp3) is 0.458. The molecule has 0 amide bonds. The van der Waals surface area contributed by atoms with Gasteiger partial charge in [-0.15, -0.1) is 0 Å². The molecule has 2 aliphatic rings. The first-order valence-electron chi connectivity index (χ1n) is 11.9. The minimum absolute atomic E-state index is 0.199. The zero-order chi connectivity index (χ0) is 24.3. The summed E-state index contributed by atoms with van der Waals surface area (Å²) in [7, 11) is -2.88. The second-order valence-corrected chi connectivity index (χ2v) is 11.7. The summed E-state index contributed by atoms with van der Waals surface area (Å²) >= 11 is 6.53. The molecule has 1 aliphatic heterocycles. The van der Waals surface area contributed by atoms with E-state index in [1.807, 2.05) is 17.0 Å². The number of nitrogens with zero attached hydrogens (tertiary/aromatic N) is 4. The second kappa shape index (κ2) is 10.4. The summed E-state index contributed by atoms with van der Waals surface area (Å²) in [5.41, 5.74) is 2.85. The molecule has 3 heterocycles. The Bertz CT molecular complexity index is 1360. The first-order chi connectivity index (χ1) is 16.9. The molecule has 0 spiro atoms. The highest BCUT2D eigenvalue weighted by molar-refractivity contribution is 7.91. The maximum Gasteiger partial charge on any atom is 0.231 e. The van der Waals surface area contributed by atoms with Crippen LogP contribution in [0.5, 0.6) is 0 Å². The second-order valence-electron chi connectivity index (χ2n) is 9.03. The first kappa shape index (κ1) is 23.9. The van der Waals surface area contributed by atoms with Crippen LogP contribution in [-0.4, -0.2) is 70.4 Å². The van der Waals surface area contributed by atoms with Crippen molar-refractivity contribution in [3.63, 3.8) is 0 Å². The highest BCUT2D eigenvalue weighted by atomic mass is 35.5. The number of halogens is 1. The van der Waals surface area contributed by atoms with E-state index in [4.69, 9.17) is 16.6 Å². The molecule has 9 nitrogen and oxygen atoms in total. The molecule has 0 unspecified atom stereocenters. The van der Waals surface area contributed by atoms with Crippen molar-refractivity contribution in [3.05, 3.63) is 35.1 Å². The molecule has 2 aromatic heterocycles. The number of imidazole rings is 1. The summed E-state index contributed by atoms with van der Waals surface area (Å²) in [6.07, 6.45) is 7.63. The van der Waals surface area contributed by atoms with E-state index in [0.717, 1.165) is 29.7 Å². The standard InChI is InChI=1S/C24H28ClN7O2S/c25-19-15-17(5-4-10-32-11-13-35(33,34)14-12-32)8-9-20(19)29-24-30-22-21(26-16-27-22)23(31-24)28-18-6-2-1-3-7-18/h8-9,15-16,18H,1-3,6-7,10-14H2,(H3,26,27,28,29,30,31). The highest BCUT2D eigenvalue weighted by Crippen LogP contribution is 2.28. The molecule has 0 atom stereocenters. The number of benzene rings is 1. The predicted octanol–water partition coefficient (Wildman–Crippen LogP) is 3.58. The average molecular weight is 514 g/mol. The molecular weight excluding hydrogens is 486 g/mol. The van der Waals surface area contributed by atoms with Crippen molar-refractivity contribution in [3.8, 4) is 11.8 Å². The quantitative estimate of drug-likeness (QED) is 0.443. The lowest BCUT2D eigenvalue weighted by Crippen LogP contribution is -2.40. The number of aromatic nitrogens is 4. The fourth-order valence-electron chi connectivity index (χ4n) is 4.41. The van der Waals surface area contributed by atoms with Crippen molar-refractivity contribution >= 4 is 50.1 Å². The van der Waals surface area contributed by atoms with Gasteiger partial charge in [-0.2, -0.15) is 9.97 Å². The van der Waals surface area contributed by atoms with E-state index in [2.05, 4.69) is 37.4 Å². The Morgan fingerprint density at radius 2 is 1.94 bits per heavy atom. The topological polar surface area (TPSA) is 116 Å². The molecule has 184 valence electrons. The fourth-order valence-corrected chi connectivity index (χ4v) is 5.91. The normalized spacial score (nSPS) is 18.7. The number of hydrogen-bond donors (Lipinski definition) is 3. The summed E-state index contributed by atoms with van der Waals surface area (Å²) in [5.74, 6) is 7.79. The molecule has 1 aliphatic carbocycles. The SMILES string of the molecule is O=S1(=O)CCN(CC#Cc2ccc(Nc3nc(NC4CCCCC4)c4[nH]cnc4n3)c(Cl)c2)CC1. The van der Waals surface area contributed by atoms with Gasteiger partial charge < -0.3 is 15.6 Å². The van der Waals surface area contributed by atoms with Crippen molar-refractivity contribution in [1.82, 2.24) is 24.8 Å². The number of aromatic amines is 1. The summed E-state index contributed by atoms with van der Waals surface area (Å²) in [6, 6.07) is 5.93. The molecular formula is C24H28ClN7O2S. The Morgan fingerprint density at radius 3 is 2.71 bits per heavy atom. The van der Waals surface area contributed by atoms with Gasteiger partial charge in [0.1, 0.15) is 5.52 Å². The Labute approximate surface area is 210 Å². The van der Waals surface area contributed by atoms with Gasteiger partial charge in [0, 0.05) is 24.7 Å². The lowest BCUT2D eigenvalue weighted by atomic mass is 9.95. The number of rotatable bonds is 5. The van der Waals surface area contributed by atoms with Crippen LogP contribution in [0.3, 0.4) is 0 Å². The van der Waals surface area contributed by atoms with Crippen LogP contribution in [0.15, 0.2) is 24.5 Å². The van der Waals surface area contributed by atoms with E-state index in [1.54, 1.807) is 12.4 Å². The molecule has 0 bridgehead atoms. The summed E-state index contributed by atoms with van der Waals surface area (Å²) in [4.78, 5) is 18.7. The summed E-state index contributed by atoms with van der Waals surface area (Å²) < 4.78 is 23.1. The van der Waals surface area contributed by atoms with Crippen LogP contribution in [0.1, 0.15) is 37.7 Å². The summed E-state index contributed by atoms with van der Waals surface area (Å²) in [5, 5.41) is 7.28. The Balaban J connectivity index is 1.27. The van der Waals surface area contributed by atoms with Gasteiger partial charge in [-0.25, -0.2) is 13.4 Å². The van der Waals surface area contributed by atoms with E-state index in [-0.39, 0.29) is 11.5 Å². The molecule has 35 heavy (non-hydrogen) atoms. The highest BCUT2D eigenvalue weighted by Gasteiger charge is 2.20. The first-order valence-corrected chi connectivity index (χ1v) is 14.1. The Morgan fingerprint density at radius 1 is 1.14 bits per heavy atom. The maximum atomic E-state index is 11.6. The number of sulfone groups is 1. The zero-order valence-corrected chi connectivity index (χ0v) is 20.9. The average Bonchev–Trinajstić information content (AvgIpc) is 3.32. The van der Waals surface area contributed by atoms with E-state index in [1.165, 1.54) is 19.3 Å². The monoisotopic (exact) mass is 513 g/mol. The molecule has 1 saturated heterocycles. The van der Waals surface area contributed by atoms with E-state index >= 15 is 0 Å². The molecule has 0 radical (unpaired) electrons. The number of fused-ring (bicyclic) bond motifs is 1. The molecule has 1 aromatic carbocycles. The van der Waals surface area contributed by atoms with Gasteiger partial charge in [0.2, 0.25) is 5.95 Å².